The molecule has 2 N–H and O–H groups in total. The zero-order valence-electron chi connectivity index (χ0n) is 15.9. The highest BCUT2D eigenvalue weighted by molar-refractivity contribution is 5.40. The Labute approximate surface area is 152 Å². The van der Waals surface area contributed by atoms with Gasteiger partial charge in [0.15, 0.2) is 0 Å². The lowest BCUT2D eigenvalue weighted by Gasteiger charge is -2.53. The number of phenolic OH excluding ortho intramolecular Hbond substituents is 1. The number of benzene rings is 1. The van der Waals surface area contributed by atoms with Crippen LogP contribution in [0.5, 0.6) is 5.75 Å². The van der Waals surface area contributed by atoms with Gasteiger partial charge in [0.1, 0.15) is 5.75 Å². The Morgan fingerprint density at radius 1 is 1.16 bits per heavy atom. The summed E-state index contributed by atoms with van der Waals surface area (Å²) in [6.07, 6.45) is 10.8. The van der Waals surface area contributed by atoms with Crippen molar-refractivity contribution in [2.45, 2.75) is 83.7 Å². The Balaban J connectivity index is 1.69. The lowest BCUT2D eigenvalue weighted by molar-refractivity contribution is -0.0396. The van der Waals surface area contributed by atoms with Crippen LogP contribution in [0.2, 0.25) is 0 Å². The molecule has 1 aromatic carbocycles. The maximum atomic E-state index is 10.7. The molecule has 2 heteroatoms. The molecule has 0 aromatic heterocycles. The molecule has 6 unspecified atom stereocenters. The normalized spacial score (nSPS) is 39.6. The summed E-state index contributed by atoms with van der Waals surface area (Å²) in [5, 5.41) is 20.7. The summed E-state index contributed by atoms with van der Waals surface area (Å²) in [5.74, 6) is 3.18. The third-order valence-corrected chi connectivity index (χ3v) is 8.01. The van der Waals surface area contributed by atoms with E-state index in [4.69, 9.17) is 0 Å². The fourth-order valence-corrected chi connectivity index (χ4v) is 6.69. The molecule has 3 aliphatic rings. The highest BCUT2D eigenvalue weighted by Gasteiger charge is 2.56. The SMILES string of the molecule is CCCCCC1Cc2cc(O)ccc2C2CCC3(C)C(O)CCC3C12. The number of unbranched alkanes of at least 4 members (excludes halogenated alkanes) is 2. The molecule has 138 valence electrons. The standard InChI is InChI=1S/C23H34O2/c1-3-4-5-6-15-13-16-14-17(24)7-8-18(16)19-11-12-23(2)20(22(15)19)9-10-21(23)25/h7-8,14-15,19-22,24-25H,3-6,9-13H2,1-2H3. The largest absolute Gasteiger partial charge is 0.508 e. The van der Waals surface area contributed by atoms with Crippen LogP contribution in [0.4, 0.5) is 0 Å². The number of aliphatic hydroxyl groups excluding tert-OH is 1. The molecule has 0 saturated heterocycles. The molecule has 0 radical (unpaired) electrons. The second-order valence-corrected chi connectivity index (χ2v) is 9.27. The molecule has 2 saturated carbocycles. The van der Waals surface area contributed by atoms with Crippen LogP contribution < -0.4 is 0 Å². The van der Waals surface area contributed by atoms with Crippen LogP contribution in [0.3, 0.4) is 0 Å². The molecule has 6 atom stereocenters. The summed E-state index contributed by atoms with van der Waals surface area (Å²) >= 11 is 0. The zero-order chi connectivity index (χ0) is 17.6. The molecule has 1 aromatic rings. The Hall–Kier alpha value is -1.02. The Kier molecular flexibility index (Phi) is 4.60. The van der Waals surface area contributed by atoms with Gasteiger partial charge >= 0.3 is 0 Å². The van der Waals surface area contributed by atoms with E-state index in [9.17, 15) is 10.2 Å². The van der Waals surface area contributed by atoms with Gasteiger partial charge in [0, 0.05) is 0 Å². The number of rotatable bonds is 4. The fourth-order valence-electron chi connectivity index (χ4n) is 6.69. The van der Waals surface area contributed by atoms with Crippen LogP contribution in [-0.4, -0.2) is 16.3 Å². The summed E-state index contributed by atoms with van der Waals surface area (Å²) in [6, 6.07) is 6.10. The minimum Gasteiger partial charge on any atom is -0.508 e. The first kappa shape index (κ1) is 17.4. The van der Waals surface area contributed by atoms with Gasteiger partial charge in [0.2, 0.25) is 0 Å². The summed E-state index contributed by atoms with van der Waals surface area (Å²) in [7, 11) is 0. The summed E-state index contributed by atoms with van der Waals surface area (Å²) in [4.78, 5) is 0. The number of fused-ring (bicyclic) bond motifs is 5. The molecule has 0 spiro atoms. The van der Waals surface area contributed by atoms with E-state index in [2.05, 4.69) is 19.9 Å². The van der Waals surface area contributed by atoms with E-state index in [0.29, 0.717) is 17.6 Å². The summed E-state index contributed by atoms with van der Waals surface area (Å²) in [5.41, 5.74) is 3.03. The highest BCUT2D eigenvalue weighted by atomic mass is 16.3. The molecule has 25 heavy (non-hydrogen) atoms. The Morgan fingerprint density at radius 2 is 2.00 bits per heavy atom. The average Bonchev–Trinajstić information content (AvgIpc) is 2.90. The highest BCUT2D eigenvalue weighted by Crippen LogP contribution is 2.62. The molecule has 0 aliphatic heterocycles. The van der Waals surface area contributed by atoms with Gasteiger partial charge in [0.25, 0.3) is 0 Å². The maximum Gasteiger partial charge on any atom is 0.115 e. The van der Waals surface area contributed by atoms with Gasteiger partial charge in [0.05, 0.1) is 6.10 Å². The maximum absolute atomic E-state index is 10.7. The van der Waals surface area contributed by atoms with E-state index in [1.165, 1.54) is 49.7 Å². The van der Waals surface area contributed by atoms with Crippen molar-refractivity contribution in [1.29, 1.82) is 0 Å². The van der Waals surface area contributed by atoms with Gasteiger partial charge in [-0.15, -0.1) is 0 Å². The van der Waals surface area contributed by atoms with Gasteiger partial charge in [-0.3, -0.25) is 0 Å². The predicted octanol–water partition coefficient (Wildman–Crippen LogP) is 5.42. The molecule has 0 bridgehead atoms. The van der Waals surface area contributed by atoms with Crippen molar-refractivity contribution in [3.05, 3.63) is 29.3 Å². The number of aliphatic hydroxyl groups is 1. The van der Waals surface area contributed by atoms with Gasteiger partial charge in [-0.25, -0.2) is 0 Å². The summed E-state index contributed by atoms with van der Waals surface area (Å²) in [6.45, 7) is 4.64. The van der Waals surface area contributed by atoms with Crippen molar-refractivity contribution in [2.24, 2.45) is 23.2 Å². The Bertz CT molecular complexity index is 625. The van der Waals surface area contributed by atoms with Gasteiger partial charge in [-0.2, -0.15) is 0 Å². The first-order valence-electron chi connectivity index (χ1n) is 10.5. The van der Waals surface area contributed by atoms with Crippen molar-refractivity contribution >= 4 is 0 Å². The molecule has 0 heterocycles. The van der Waals surface area contributed by atoms with E-state index in [1.807, 2.05) is 12.1 Å². The van der Waals surface area contributed by atoms with Crippen LogP contribution in [-0.2, 0) is 6.42 Å². The molecular weight excluding hydrogens is 308 g/mol. The first-order valence-corrected chi connectivity index (χ1v) is 10.5. The minimum atomic E-state index is -0.101. The first-order chi connectivity index (χ1) is 12.0. The van der Waals surface area contributed by atoms with Crippen molar-refractivity contribution in [3.63, 3.8) is 0 Å². The van der Waals surface area contributed by atoms with Crippen molar-refractivity contribution in [3.8, 4) is 5.75 Å². The topological polar surface area (TPSA) is 40.5 Å². The third-order valence-electron chi connectivity index (χ3n) is 8.01. The van der Waals surface area contributed by atoms with E-state index in [0.717, 1.165) is 31.1 Å². The van der Waals surface area contributed by atoms with E-state index >= 15 is 0 Å². The molecule has 2 fully saturated rings. The van der Waals surface area contributed by atoms with Crippen LogP contribution in [0, 0.1) is 23.2 Å². The number of hydrogen-bond donors (Lipinski definition) is 2. The number of hydrogen-bond acceptors (Lipinski definition) is 2. The second-order valence-electron chi connectivity index (χ2n) is 9.27. The van der Waals surface area contributed by atoms with Crippen molar-refractivity contribution < 1.29 is 10.2 Å². The molecule has 0 amide bonds. The molecule has 4 rings (SSSR count). The number of phenols is 1. The quantitative estimate of drug-likeness (QED) is 0.718. The second kappa shape index (κ2) is 6.61. The van der Waals surface area contributed by atoms with E-state index < -0.39 is 0 Å². The van der Waals surface area contributed by atoms with E-state index in [-0.39, 0.29) is 11.5 Å². The fraction of sp³-hybridized carbons (Fsp3) is 0.739. The predicted molar refractivity (Wildman–Crippen MR) is 102 cm³/mol. The van der Waals surface area contributed by atoms with Gasteiger partial charge < -0.3 is 10.2 Å². The molecule has 3 aliphatic carbocycles. The lowest BCUT2D eigenvalue weighted by Crippen LogP contribution is -2.47. The van der Waals surface area contributed by atoms with Gasteiger partial charge in [-0.05, 0) is 90.9 Å². The monoisotopic (exact) mass is 342 g/mol. The minimum absolute atomic E-state index is 0.101. The third kappa shape index (κ3) is 2.81. The van der Waals surface area contributed by atoms with Crippen molar-refractivity contribution in [2.75, 3.05) is 0 Å². The van der Waals surface area contributed by atoms with Gasteiger partial charge in [-0.1, -0.05) is 39.2 Å². The van der Waals surface area contributed by atoms with Crippen molar-refractivity contribution in [1.82, 2.24) is 0 Å². The smallest absolute Gasteiger partial charge is 0.115 e. The summed E-state index contributed by atoms with van der Waals surface area (Å²) < 4.78 is 0. The van der Waals surface area contributed by atoms with Crippen LogP contribution in [0.15, 0.2) is 18.2 Å². The number of aromatic hydroxyl groups is 1. The van der Waals surface area contributed by atoms with Crippen LogP contribution >= 0.6 is 0 Å². The molecular formula is C23H34O2. The lowest BCUT2D eigenvalue weighted by atomic mass is 9.52. The van der Waals surface area contributed by atoms with Crippen LogP contribution in [0.25, 0.3) is 0 Å². The molecule has 2 nitrogen and oxygen atoms in total. The zero-order valence-corrected chi connectivity index (χ0v) is 15.9. The van der Waals surface area contributed by atoms with Crippen LogP contribution in [0.1, 0.15) is 82.3 Å². The average molecular weight is 343 g/mol. The Morgan fingerprint density at radius 3 is 2.80 bits per heavy atom. The van der Waals surface area contributed by atoms with E-state index in [1.54, 1.807) is 0 Å².